The number of hydrogen-bond donors (Lipinski definition) is 0. The minimum absolute atomic E-state index is 0.0341. The molecule has 1 aromatic rings. The first-order valence-electron chi connectivity index (χ1n) is 9.42. The van der Waals surface area contributed by atoms with E-state index in [0.29, 0.717) is 19.7 Å². The van der Waals surface area contributed by atoms with E-state index in [2.05, 4.69) is 6.26 Å². The Morgan fingerprint density at radius 2 is 2.00 bits per heavy atom. The first-order valence-corrected chi connectivity index (χ1v) is 10.8. The summed E-state index contributed by atoms with van der Waals surface area (Å²) in [4.78, 5) is 14.7. The fraction of sp³-hybridized carbons (Fsp3) is 0.667. The van der Waals surface area contributed by atoms with E-state index in [4.69, 9.17) is 14.2 Å². The molecule has 0 N–H and O–H groups in total. The van der Waals surface area contributed by atoms with Gasteiger partial charge in [-0.05, 0) is 46.4 Å². The lowest BCUT2D eigenvalue weighted by Gasteiger charge is -2.32. The van der Waals surface area contributed by atoms with Crippen molar-refractivity contribution in [3.63, 3.8) is 0 Å². The van der Waals surface area contributed by atoms with Gasteiger partial charge in [0.1, 0.15) is 5.60 Å². The molecule has 0 aliphatic carbocycles. The van der Waals surface area contributed by atoms with Crippen LogP contribution in [0, 0.1) is 5.92 Å². The second-order valence-electron chi connectivity index (χ2n) is 8.43. The molecule has 0 radical (unpaired) electrons. The summed E-state index contributed by atoms with van der Waals surface area (Å²) in [6, 6.07) is 10.00. The Bertz CT molecular complexity index is 600. The number of carbonyl (C=O) groups excluding carboxylic acids is 1. The summed E-state index contributed by atoms with van der Waals surface area (Å²) in [5.41, 5.74) is 0.547. The van der Waals surface area contributed by atoms with Gasteiger partial charge in [0.15, 0.2) is 5.79 Å². The zero-order valence-electron chi connectivity index (χ0n) is 17.4. The van der Waals surface area contributed by atoms with Gasteiger partial charge < -0.3 is 19.1 Å². The van der Waals surface area contributed by atoms with Crippen molar-refractivity contribution in [2.45, 2.75) is 58.7 Å². The van der Waals surface area contributed by atoms with E-state index in [9.17, 15) is 4.79 Å². The van der Waals surface area contributed by atoms with E-state index in [-0.39, 0.29) is 18.1 Å². The molecule has 0 bridgehead atoms. The van der Waals surface area contributed by atoms with E-state index < -0.39 is 11.4 Å². The number of ether oxygens (including phenoxy) is 3. The van der Waals surface area contributed by atoms with Gasteiger partial charge in [0.2, 0.25) is 0 Å². The largest absolute Gasteiger partial charge is 0.444 e. The van der Waals surface area contributed by atoms with Crippen molar-refractivity contribution in [3.8, 4) is 0 Å². The molecule has 1 amide bonds. The smallest absolute Gasteiger partial charge is 0.410 e. The fourth-order valence-corrected chi connectivity index (χ4v) is 3.80. The topological polar surface area (TPSA) is 48.0 Å². The number of thioether (sulfide) groups is 1. The lowest BCUT2D eigenvalue weighted by molar-refractivity contribution is -0.144. The lowest BCUT2D eigenvalue weighted by atomic mass is 10.0. The van der Waals surface area contributed by atoms with Crippen molar-refractivity contribution >= 4 is 17.9 Å². The van der Waals surface area contributed by atoms with Gasteiger partial charge in [0.25, 0.3) is 0 Å². The maximum absolute atomic E-state index is 12.9. The van der Waals surface area contributed by atoms with Gasteiger partial charge in [-0.2, -0.15) is 11.8 Å². The summed E-state index contributed by atoms with van der Waals surface area (Å²) >= 11 is 1.76. The molecular weight excluding hydrogens is 362 g/mol. The van der Waals surface area contributed by atoms with Gasteiger partial charge in [-0.1, -0.05) is 30.3 Å². The molecule has 2 atom stereocenters. The zero-order chi connectivity index (χ0) is 20.1. The SMILES string of the molecule is CSC[C@@H](CN(Cc1ccccc1)C(=O)OC(C)(C)C)[C@@H]1COC(C)(C)O1. The molecule has 0 unspecified atom stereocenters. The second-order valence-corrected chi connectivity index (χ2v) is 9.34. The predicted molar refractivity (Wildman–Crippen MR) is 110 cm³/mol. The molecule has 2 rings (SSSR count). The molecule has 1 aromatic carbocycles. The van der Waals surface area contributed by atoms with Crippen molar-refractivity contribution in [1.29, 1.82) is 0 Å². The van der Waals surface area contributed by atoms with Gasteiger partial charge >= 0.3 is 6.09 Å². The highest BCUT2D eigenvalue weighted by atomic mass is 32.2. The molecule has 6 heteroatoms. The summed E-state index contributed by atoms with van der Waals surface area (Å²) in [5.74, 6) is 0.480. The third-order valence-corrected chi connectivity index (χ3v) is 5.02. The van der Waals surface area contributed by atoms with Crippen LogP contribution in [-0.2, 0) is 20.8 Å². The van der Waals surface area contributed by atoms with Crippen LogP contribution in [0.5, 0.6) is 0 Å². The molecule has 0 saturated carbocycles. The molecule has 1 saturated heterocycles. The third-order valence-electron chi connectivity index (χ3n) is 4.26. The van der Waals surface area contributed by atoms with Gasteiger partial charge in [-0.3, -0.25) is 0 Å². The molecule has 0 aromatic heterocycles. The van der Waals surface area contributed by atoms with Crippen LogP contribution < -0.4 is 0 Å². The summed E-state index contributed by atoms with van der Waals surface area (Å²) < 4.78 is 17.5. The van der Waals surface area contributed by atoms with Crippen LogP contribution >= 0.6 is 11.8 Å². The van der Waals surface area contributed by atoms with Crippen molar-refractivity contribution in [2.75, 3.05) is 25.2 Å². The minimum Gasteiger partial charge on any atom is -0.444 e. The maximum Gasteiger partial charge on any atom is 0.410 e. The van der Waals surface area contributed by atoms with E-state index in [0.717, 1.165) is 11.3 Å². The average Bonchev–Trinajstić information content (AvgIpc) is 2.93. The Labute approximate surface area is 167 Å². The van der Waals surface area contributed by atoms with Gasteiger partial charge in [0, 0.05) is 24.8 Å². The predicted octanol–water partition coefficient (Wildman–Crippen LogP) is 4.55. The van der Waals surface area contributed by atoms with Crippen molar-refractivity contribution in [3.05, 3.63) is 35.9 Å². The highest BCUT2D eigenvalue weighted by Gasteiger charge is 2.38. The van der Waals surface area contributed by atoms with Crippen LogP contribution in [0.1, 0.15) is 40.2 Å². The highest BCUT2D eigenvalue weighted by molar-refractivity contribution is 7.98. The molecular formula is C21H33NO4S. The van der Waals surface area contributed by atoms with Crippen LogP contribution in [0.15, 0.2) is 30.3 Å². The lowest BCUT2D eigenvalue weighted by Crippen LogP contribution is -2.43. The van der Waals surface area contributed by atoms with E-state index >= 15 is 0 Å². The Balaban J connectivity index is 2.15. The number of carbonyl (C=O) groups is 1. The second kappa shape index (κ2) is 9.30. The van der Waals surface area contributed by atoms with E-state index in [1.165, 1.54) is 0 Å². The number of amides is 1. The number of nitrogens with zero attached hydrogens (tertiary/aromatic N) is 1. The maximum atomic E-state index is 12.9. The molecule has 1 heterocycles. The quantitative estimate of drug-likeness (QED) is 0.678. The summed E-state index contributed by atoms with van der Waals surface area (Å²) in [6.45, 7) is 11.2. The minimum atomic E-state index is -0.572. The number of hydrogen-bond acceptors (Lipinski definition) is 5. The molecule has 1 aliphatic rings. The molecule has 152 valence electrons. The summed E-state index contributed by atoms with van der Waals surface area (Å²) in [5, 5.41) is 0. The monoisotopic (exact) mass is 395 g/mol. The first-order chi connectivity index (χ1) is 12.6. The molecule has 1 aliphatic heterocycles. The molecule has 5 nitrogen and oxygen atoms in total. The van der Waals surface area contributed by atoms with Crippen LogP contribution in [0.2, 0.25) is 0 Å². The standard InChI is InChI=1S/C21H33NO4S/c1-20(2,3)26-19(23)22(12-16-10-8-7-9-11-16)13-17(15-27-6)18-14-24-21(4,5)25-18/h7-11,17-18H,12-15H2,1-6H3/t17-,18+/m1/s1. The molecule has 1 fully saturated rings. The van der Waals surface area contributed by atoms with Crippen molar-refractivity contribution in [1.82, 2.24) is 4.90 Å². The Morgan fingerprint density at radius 1 is 1.33 bits per heavy atom. The number of benzene rings is 1. The average molecular weight is 396 g/mol. The van der Waals surface area contributed by atoms with Crippen LogP contribution in [0.3, 0.4) is 0 Å². The van der Waals surface area contributed by atoms with Gasteiger partial charge in [0.05, 0.1) is 12.7 Å². The van der Waals surface area contributed by atoms with Crippen LogP contribution in [0.25, 0.3) is 0 Å². The fourth-order valence-electron chi connectivity index (χ4n) is 3.06. The Morgan fingerprint density at radius 3 is 2.52 bits per heavy atom. The normalized spacial score (nSPS) is 20.3. The Kier molecular flexibility index (Phi) is 7.60. The van der Waals surface area contributed by atoms with Crippen LogP contribution in [0.4, 0.5) is 4.79 Å². The zero-order valence-corrected chi connectivity index (χ0v) is 18.2. The van der Waals surface area contributed by atoms with Crippen LogP contribution in [-0.4, -0.2) is 53.6 Å². The van der Waals surface area contributed by atoms with Crippen molar-refractivity contribution < 1.29 is 19.0 Å². The molecule has 0 spiro atoms. The number of rotatable bonds is 7. The van der Waals surface area contributed by atoms with Gasteiger partial charge in [-0.25, -0.2) is 4.79 Å². The highest BCUT2D eigenvalue weighted by Crippen LogP contribution is 2.29. The van der Waals surface area contributed by atoms with Gasteiger partial charge in [-0.15, -0.1) is 0 Å². The first kappa shape index (κ1) is 22.1. The van der Waals surface area contributed by atoms with Crippen molar-refractivity contribution in [2.24, 2.45) is 5.92 Å². The third kappa shape index (κ3) is 7.35. The van der Waals surface area contributed by atoms with E-state index in [1.54, 1.807) is 16.7 Å². The van der Waals surface area contributed by atoms with E-state index in [1.807, 2.05) is 65.0 Å². The summed E-state index contributed by atoms with van der Waals surface area (Å²) in [6.07, 6.45) is 1.74. The Hall–Kier alpha value is -1.24. The summed E-state index contributed by atoms with van der Waals surface area (Å²) in [7, 11) is 0. The molecule has 27 heavy (non-hydrogen) atoms.